The van der Waals surface area contributed by atoms with Gasteiger partial charge in [0.2, 0.25) is 0 Å². The smallest absolute Gasteiger partial charge is 0.341 e. The molecule has 0 fully saturated rings. The summed E-state index contributed by atoms with van der Waals surface area (Å²) in [5.41, 5.74) is 4.38. The Morgan fingerprint density at radius 3 is 2.81 bits per heavy atom. The van der Waals surface area contributed by atoms with E-state index in [0.29, 0.717) is 0 Å². The van der Waals surface area contributed by atoms with Crippen molar-refractivity contribution in [1.29, 1.82) is 0 Å². The van der Waals surface area contributed by atoms with Crippen LogP contribution in [-0.2, 0) is 4.74 Å². The number of halogens is 3. The fraction of sp³-hybridized carbons (Fsp3) is 0.333. The second-order valence-corrected chi connectivity index (χ2v) is 3.18. The predicted octanol–water partition coefficient (Wildman–Crippen LogP) is 2.43. The third kappa shape index (κ3) is 2.38. The molecule has 1 aromatic rings. The Labute approximate surface area is 95.4 Å². The van der Waals surface area contributed by atoms with Crippen LogP contribution in [0.2, 0.25) is 5.02 Å². The summed E-state index contributed by atoms with van der Waals surface area (Å²) in [5.74, 6) is -1.20. The van der Waals surface area contributed by atoms with Crippen molar-refractivity contribution in [2.45, 2.75) is 13.3 Å². The molecule has 7 heteroatoms. The topological polar surface area (TPSA) is 65.2 Å². The molecule has 16 heavy (non-hydrogen) atoms. The number of alkyl halides is 2. The zero-order valence-corrected chi connectivity index (χ0v) is 9.09. The van der Waals surface area contributed by atoms with Gasteiger partial charge < -0.3 is 10.5 Å². The summed E-state index contributed by atoms with van der Waals surface area (Å²) < 4.78 is 29.8. The van der Waals surface area contributed by atoms with E-state index in [1.165, 1.54) is 0 Å². The first-order chi connectivity index (χ1) is 7.49. The lowest BCUT2D eigenvalue weighted by atomic mass is 10.2. The maximum atomic E-state index is 12.6. The molecular formula is C9H9ClF2N2O2. The quantitative estimate of drug-likeness (QED) is 0.837. The van der Waals surface area contributed by atoms with Gasteiger partial charge in [-0.2, -0.15) is 0 Å². The highest BCUT2D eigenvalue weighted by molar-refractivity contribution is 6.34. The normalized spacial score (nSPS) is 10.6. The zero-order chi connectivity index (χ0) is 12.3. The Morgan fingerprint density at radius 2 is 2.31 bits per heavy atom. The number of carbonyl (C=O) groups excluding carboxylic acids is 1. The molecular weight excluding hydrogens is 242 g/mol. The Morgan fingerprint density at radius 1 is 1.69 bits per heavy atom. The molecule has 88 valence electrons. The lowest BCUT2D eigenvalue weighted by molar-refractivity contribution is 0.0525. The van der Waals surface area contributed by atoms with Gasteiger partial charge in [0.05, 0.1) is 22.8 Å². The molecule has 0 bridgehead atoms. The number of nitrogens with zero attached hydrogens (tertiary/aromatic N) is 1. The van der Waals surface area contributed by atoms with Crippen LogP contribution in [0.5, 0.6) is 0 Å². The third-order valence-corrected chi connectivity index (χ3v) is 2.20. The van der Waals surface area contributed by atoms with Crippen LogP contribution in [0.25, 0.3) is 0 Å². The average Bonchev–Trinajstić information content (AvgIpc) is 2.17. The lowest BCUT2D eigenvalue weighted by Gasteiger charge is -2.09. The van der Waals surface area contributed by atoms with Gasteiger partial charge in [-0.25, -0.2) is 18.6 Å². The number of pyridine rings is 1. The highest BCUT2D eigenvalue weighted by Crippen LogP contribution is 2.33. The van der Waals surface area contributed by atoms with E-state index >= 15 is 0 Å². The Bertz CT molecular complexity index is 413. The van der Waals surface area contributed by atoms with E-state index in [-0.39, 0.29) is 12.2 Å². The Hall–Kier alpha value is -1.43. The molecule has 0 atom stereocenters. The fourth-order valence-electron chi connectivity index (χ4n) is 1.08. The zero-order valence-electron chi connectivity index (χ0n) is 8.34. The molecule has 0 saturated heterocycles. The van der Waals surface area contributed by atoms with Gasteiger partial charge in [0.15, 0.2) is 0 Å². The monoisotopic (exact) mass is 250 g/mol. The molecule has 1 rings (SSSR count). The van der Waals surface area contributed by atoms with E-state index in [0.717, 1.165) is 6.20 Å². The minimum atomic E-state index is -2.89. The largest absolute Gasteiger partial charge is 0.462 e. The number of anilines is 1. The predicted molar refractivity (Wildman–Crippen MR) is 54.6 cm³/mol. The average molecular weight is 251 g/mol. The summed E-state index contributed by atoms with van der Waals surface area (Å²) in [4.78, 5) is 14.8. The molecule has 1 heterocycles. The second kappa shape index (κ2) is 5.07. The van der Waals surface area contributed by atoms with Gasteiger partial charge >= 0.3 is 5.97 Å². The maximum Gasteiger partial charge on any atom is 0.341 e. The first kappa shape index (κ1) is 12.6. The molecule has 0 aliphatic rings. The van der Waals surface area contributed by atoms with Crippen molar-refractivity contribution in [3.8, 4) is 0 Å². The van der Waals surface area contributed by atoms with E-state index in [4.69, 9.17) is 17.3 Å². The van der Waals surface area contributed by atoms with Gasteiger partial charge in [0.1, 0.15) is 5.82 Å². The van der Waals surface area contributed by atoms with E-state index in [1.54, 1.807) is 6.92 Å². The molecule has 0 unspecified atom stereocenters. The molecule has 0 aromatic carbocycles. The van der Waals surface area contributed by atoms with E-state index in [9.17, 15) is 13.6 Å². The van der Waals surface area contributed by atoms with Gasteiger partial charge in [-0.1, -0.05) is 11.6 Å². The number of hydrogen-bond donors (Lipinski definition) is 1. The number of rotatable bonds is 3. The summed E-state index contributed by atoms with van der Waals surface area (Å²) in [5, 5.41) is -0.416. The van der Waals surface area contributed by atoms with Crippen LogP contribution in [0.4, 0.5) is 14.6 Å². The number of nitrogen functional groups attached to an aromatic ring is 1. The van der Waals surface area contributed by atoms with Crippen molar-refractivity contribution >= 4 is 23.4 Å². The van der Waals surface area contributed by atoms with Crippen LogP contribution in [-0.4, -0.2) is 17.6 Å². The molecule has 0 aliphatic carbocycles. The van der Waals surface area contributed by atoms with E-state index in [1.807, 2.05) is 0 Å². The van der Waals surface area contributed by atoms with E-state index in [2.05, 4.69) is 9.72 Å². The van der Waals surface area contributed by atoms with Gasteiger partial charge in [0.25, 0.3) is 6.43 Å². The molecule has 0 radical (unpaired) electrons. The van der Waals surface area contributed by atoms with Crippen molar-refractivity contribution in [2.75, 3.05) is 12.3 Å². The molecule has 0 spiro atoms. The van der Waals surface area contributed by atoms with Gasteiger partial charge in [-0.05, 0) is 6.92 Å². The highest BCUT2D eigenvalue weighted by Gasteiger charge is 2.23. The molecule has 4 nitrogen and oxygen atoms in total. The van der Waals surface area contributed by atoms with Gasteiger partial charge in [-0.3, -0.25) is 0 Å². The summed E-state index contributed by atoms with van der Waals surface area (Å²) in [6.45, 7) is 1.70. The van der Waals surface area contributed by atoms with Crippen LogP contribution in [0.15, 0.2) is 6.20 Å². The summed E-state index contributed by atoms with van der Waals surface area (Å²) in [6, 6.07) is 0. The third-order valence-electron chi connectivity index (χ3n) is 1.80. The van der Waals surface area contributed by atoms with Crippen LogP contribution in [0, 0.1) is 0 Å². The Balaban J connectivity index is 3.23. The minimum absolute atomic E-state index is 0.115. The summed E-state index contributed by atoms with van der Waals surface area (Å²) in [6.07, 6.45) is -1.88. The van der Waals surface area contributed by atoms with Crippen molar-refractivity contribution in [3.63, 3.8) is 0 Å². The lowest BCUT2D eigenvalue weighted by Crippen LogP contribution is -2.09. The van der Waals surface area contributed by atoms with Crippen LogP contribution < -0.4 is 5.73 Å². The number of aromatic nitrogens is 1. The van der Waals surface area contributed by atoms with E-state index < -0.39 is 28.8 Å². The highest BCUT2D eigenvalue weighted by atomic mass is 35.5. The van der Waals surface area contributed by atoms with Crippen molar-refractivity contribution in [2.24, 2.45) is 0 Å². The molecule has 0 aliphatic heterocycles. The first-order valence-corrected chi connectivity index (χ1v) is 4.76. The number of esters is 1. The first-order valence-electron chi connectivity index (χ1n) is 4.38. The number of nitrogens with two attached hydrogens (primary N) is 1. The SMILES string of the molecule is CCOC(=O)c1cnc(N)c(C(F)F)c1Cl. The summed E-state index contributed by atoms with van der Waals surface area (Å²) >= 11 is 5.64. The van der Waals surface area contributed by atoms with Crippen LogP contribution in [0.3, 0.4) is 0 Å². The van der Waals surface area contributed by atoms with Crippen molar-refractivity contribution < 1.29 is 18.3 Å². The molecule has 0 amide bonds. The van der Waals surface area contributed by atoms with Crippen molar-refractivity contribution in [3.05, 3.63) is 22.3 Å². The van der Waals surface area contributed by atoms with Gasteiger partial charge in [0, 0.05) is 6.20 Å². The number of carbonyl (C=O) groups is 1. The van der Waals surface area contributed by atoms with Gasteiger partial charge in [-0.15, -0.1) is 0 Å². The number of ether oxygens (including phenoxy) is 1. The number of hydrogen-bond acceptors (Lipinski definition) is 4. The molecule has 1 aromatic heterocycles. The molecule has 0 saturated carbocycles. The molecule has 2 N–H and O–H groups in total. The fourth-order valence-corrected chi connectivity index (χ4v) is 1.38. The van der Waals surface area contributed by atoms with Crippen LogP contribution >= 0.6 is 11.6 Å². The maximum absolute atomic E-state index is 12.6. The van der Waals surface area contributed by atoms with Crippen molar-refractivity contribution in [1.82, 2.24) is 4.98 Å². The minimum Gasteiger partial charge on any atom is -0.462 e. The summed E-state index contributed by atoms with van der Waals surface area (Å²) in [7, 11) is 0. The Kier molecular flexibility index (Phi) is 4.00. The standard InChI is InChI=1S/C9H9ClF2N2O2/c1-2-16-9(15)4-3-14-8(13)5(6(4)10)7(11)12/h3,7H,2H2,1H3,(H2,13,14). The second-order valence-electron chi connectivity index (χ2n) is 2.81. The van der Waals surface area contributed by atoms with Crippen LogP contribution in [0.1, 0.15) is 29.3 Å².